The van der Waals surface area contributed by atoms with Gasteiger partial charge in [-0.15, -0.1) is 0 Å². The predicted octanol–water partition coefficient (Wildman–Crippen LogP) is 2.81. The van der Waals surface area contributed by atoms with Gasteiger partial charge in [0.2, 0.25) is 5.91 Å². The maximum absolute atomic E-state index is 11.9. The van der Waals surface area contributed by atoms with Gasteiger partial charge in [-0.05, 0) is 63.4 Å². The number of nitrogens with two attached hydrogens (primary N) is 1. The zero-order valence-electron chi connectivity index (χ0n) is 18.1. The Balaban J connectivity index is 1.73. The summed E-state index contributed by atoms with van der Waals surface area (Å²) < 4.78 is 0. The van der Waals surface area contributed by atoms with E-state index in [4.69, 9.17) is 5.73 Å². The number of aliphatic imine (C=N–C) groups is 1. The van der Waals surface area contributed by atoms with Gasteiger partial charge >= 0.3 is 0 Å². The number of carbonyl (C=O) groups excluding carboxylic acids is 1. The van der Waals surface area contributed by atoms with Crippen LogP contribution in [0.25, 0.3) is 0 Å². The summed E-state index contributed by atoms with van der Waals surface area (Å²) in [5.74, 6) is 1.33. The van der Waals surface area contributed by atoms with Crippen molar-refractivity contribution in [2.75, 3.05) is 39.8 Å². The first-order valence-corrected chi connectivity index (χ1v) is 10.7. The van der Waals surface area contributed by atoms with Gasteiger partial charge in [0.05, 0.1) is 12.2 Å². The number of carbonyl (C=O) groups is 1. The summed E-state index contributed by atoms with van der Waals surface area (Å²) in [6, 6.07) is 8.01. The summed E-state index contributed by atoms with van der Waals surface area (Å²) in [6.07, 6.45) is 4.56. The van der Waals surface area contributed by atoms with Crippen LogP contribution in [0.1, 0.15) is 38.2 Å². The standard InChI is InChI=1S/C23H35N5O/c1-17-6-4-8-20(14-17)26-23(24)21-16-28(18(2)29)13-10-22(21)25-11-9-19-7-5-12-27(3)15-19/h4,6,8,14,19,25H,5,7,9-13,15-16H2,1-3H3,(H2,24,26). The minimum Gasteiger partial charge on any atom is -0.388 e. The van der Waals surface area contributed by atoms with Crippen molar-refractivity contribution in [3.8, 4) is 0 Å². The van der Waals surface area contributed by atoms with Crippen LogP contribution in [0.15, 0.2) is 40.5 Å². The fourth-order valence-corrected chi connectivity index (χ4v) is 4.30. The van der Waals surface area contributed by atoms with Crippen LogP contribution in [0.3, 0.4) is 0 Å². The first kappa shape index (κ1) is 21.4. The second kappa shape index (κ2) is 9.92. The van der Waals surface area contributed by atoms with Crippen LogP contribution in [-0.4, -0.2) is 61.3 Å². The molecule has 2 heterocycles. The number of amidine groups is 1. The number of piperidine rings is 1. The number of hydrogen-bond acceptors (Lipinski definition) is 4. The van der Waals surface area contributed by atoms with Crippen LogP contribution in [0.2, 0.25) is 0 Å². The van der Waals surface area contributed by atoms with E-state index in [0.29, 0.717) is 12.4 Å². The molecular weight excluding hydrogens is 362 g/mol. The van der Waals surface area contributed by atoms with Crippen LogP contribution in [0, 0.1) is 12.8 Å². The van der Waals surface area contributed by atoms with Gasteiger partial charge in [0, 0.05) is 44.2 Å². The van der Waals surface area contributed by atoms with Gasteiger partial charge in [-0.2, -0.15) is 0 Å². The smallest absolute Gasteiger partial charge is 0.219 e. The normalized spacial score (nSPS) is 21.4. The van der Waals surface area contributed by atoms with Crippen LogP contribution >= 0.6 is 0 Å². The molecule has 158 valence electrons. The lowest BCUT2D eigenvalue weighted by atomic mass is 9.95. The van der Waals surface area contributed by atoms with Crippen molar-refractivity contribution >= 4 is 17.4 Å². The van der Waals surface area contributed by atoms with Gasteiger partial charge in [-0.25, -0.2) is 4.99 Å². The Morgan fingerprint density at radius 2 is 2.17 bits per heavy atom. The SMILES string of the molecule is CC(=O)N1CCC(NCCC2CCCN(C)C2)=C(C(N)=Nc2cccc(C)c2)C1. The minimum atomic E-state index is 0.0788. The van der Waals surface area contributed by atoms with E-state index >= 15 is 0 Å². The molecule has 1 aromatic carbocycles. The molecule has 0 radical (unpaired) electrons. The van der Waals surface area contributed by atoms with E-state index in [0.717, 1.165) is 54.4 Å². The highest BCUT2D eigenvalue weighted by atomic mass is 16.2. The maximum atomic E-state index is 11.9. The molecule has 0 bridgehead atoms. The fourth-order valence-electron chi connectivity index (χ4n) is 4.30. The molecule has 0 aromatic heterocycles. The second-order valence-corrected chi connectivity index (χ2v) is 8.47. The zero-order chi connectivity index (χ0) is 20.8. The van der Waals surface area contributed by atoms with Gasteiger partial charge in [-0.3, -0.25) is 4.79 Å². The number of nitrogens with one attached hydrogen (secondary N) is 1. The third kappa shape index (κ3) is 6.07. The van der Waals surface area contributed by atoms with E-state index in [1.807, 2.05) is 36.1 Å². The van der Waals surface area contributed by atoms with Crippen molar-refractivity contribution in [1.82, 2.24) is 15.1 Å². The van der Waals surface area contributed by atoms with E-state index in [2.05, 4.69) is 22.3 Å². The Labute approximate surface area is 174 Å². The molecule has 2 aliphatic rings. The van der Waals surface area contributed by atoms with Gasteiger partial charge < -0.3 is 20.9 Å². The number of amides is 1. The monoisotopic (exact) mass is 397 g/mol. The van der Waals surface area contributed by atoms with Crippen molar-refractivity contribution in [2.24, 2.45) is 16.6 Å². The molecule has 6 heteroatoms. The Hall–Kier alpha value is -2.34. The van der Waals surface area contributed by atoms with Crippen LogP contribution in [0.5, 0.6) is 0 Å². The fraction of sp³-hybridized carbons (Fsp3) is 0.565. The lowest BCUT2D eigenvalue weighted by Gasteiger charge is -2.32. The third-order valence-electron chi connectivity index (χ3n) is 5.96. The zero-order valence-corrected chi connectivity index (χ0v) is 18.1. The molecule has 1 atom stereocenters. The molecule has 3 rings (SSSR count). The number of nitrogens with zero attached hydrogens (tertiary/aromatic N) is 3. The molecule has 0 aliphatic carbocycles. The van der Waals surface area contributed by atoms with Crippen molar-refractivity contribution in [3.05, 3.63) is 41.1 Å². The molecule has 6 nitrogen and oxygen atoms in total. The molecule has 1 saturated heterocycles. The molecule has 1 fully saturated rings. The molecule has 1 amide bonds. The highest BCUT2D eigenvalue weighted by Crippen LogP contribution is 2.21. The highest BCUT2D eigenvalue weighted by Gasteiger charge is 2.23. The number of likely N-dealkylation sites (tertiary alicyclic amines) is 1. The van der Waals surface area contributed by atoms with E-state index in [1.54, 1.807) is 6.92 Å². The first-order chi connectivity index (χ1) is 13.9. The Kier molecular flexibility index (Phi) is 7.31. The maximum Gasteiger partial charge on any atom is 0.219 e. The van der Waals surface area contributed by atoms with Crippen LogP contribution in [0.4, 0.5) is 5.69 Å². The average Bonchev–Trinajstić information content (AvgIpc) is 2.68. The van der Waals surface area contributed by atoms with E-state index < -0.39 is 0 Å². The Morgan fingerprint density at radius 1 is 1.34 bits per heavy atom. The van der Waals surface area contributed by atoms with Crippen molar-refractivity contribution in [1.29, 1.82) is 0 Å². The molecule has 1 unspecified atom stereocenters. The molecule has 29 heavy (non-hydrogen) atoms. The molecule has 1 aromatic rings. The second-order valence-electron chi connectivity index (χ2n) is 8.47. The topological polar surface area (TPSA) is 74.0 Å². The van der Waals surface area contributed by atoms with Crippen molar-refractivity contribution in [2.45, 2.75) is 39.5 Å². The molecular formula is C23H35N5O. The Morgan fingerprint density at radius 3 is 2.90 bits per heavy atom. The minimum absolute atomic E-state index is 0.0788. The summed E-state index contributed by atoms with van der Waals surface area (Å²) in [5, 5.41) is 3.63. The van der Waals surface area contributed by atoms with Crippen molar-refractivity contribution in [3.63, 3.8) is 0 Å². The van der Waals surface area contributed by atoms with Crippen LogP contribution in [-0.2, 0) is 4.79 Å². The summed E-state index contributed by atoms with van der Waals surface area (Å²) in [6.45, 7) is 8.24. The van der Waals surface area contributed by atoms with E-state index in [-0.39, 0.29) is 5.91 Å². The van der Waals surface area contributed by atoms with Gasteiger partial charge in [0.25, 0.3) is 0 Å². The average molecular weight is 398 g/mol. The van der Waals surface area contributed by atoms with Crippen molar-refractivity contribution < 1.29 is 4.79 Å². The largest absolute Gasteiger partial charge is 0.388 e. The van der Waals surface area contributed by atoms with Gasteiger partial charge in [0.1, 0.15) is 5.84 Å². The highest BCUT2D eigenvalue weighted by molar-refractivity contribution is 6.00. The molecule has 0 spiro atoms. The summed E-state index contributed by atoms with van der Waals surface area (Å²) in [4.78, 5) is 20.8. The number of hydrogen-bond donors (Lipinski definition) is 2. The van der Waals surface area contributed by atoms with E-state index in [9.17, 15) is 4.79 Å². The number of benzene rings is 1. The predicted molar refractivity (Wildman–Crippen MR) is 119 cm³/mol. The van der Waals surface area contributed by atoms with Gasteiger partial charge in [-0.1, -0.05) is 12.1 Å². The summed E-state index contributed by atoms with van der Waals surface area (Å²) in [5.41, 5.74) is 10.5. The third-order valence-corrected chi connectivity index (χ3v) is 5.96. The number of aryl methyl sites for hydroxylation is 1. The molecule has 3 N–H and O–H groups in total. The van der Waals surface area contributed by atoms with Crippen LogP contribution < -0.4 is 11.1 Å². The summed E-state index contributed by atoms with van der Waals surface area (Å²) in [7, 11) is 2.21. The van der Waals surface area contributed by atoms with Gasteiger partial charge in [0.15, 0.2) is 0 Å². The lowest BCUT2D eigenvalue weighted by Crippen LogP contribution is -2.41. The summed E-state index contributed by atoms with van der Waals surface area (Å²) >= 11 is 0. The first-order valence-electron chi connectivity index (χ1n) is 10.7. The number of rotatable bonds is 6. The lowest BCUT2D eigenvalue weighted by molar-refractivity contribution is -0.128. The van der Waals surface area contributed by atoms with E-state index in [1.165, 1.54) is 25.9 Å². The quantitative estimate of drug-likeness (QED) is 0.572. The Bertz CT molecular complexity index is 785. The molecule has 0 saturated carbocycles. The molecule has 2 aliphatic heterocycles.